The molecule has 1 aromatic heterocycles. The SMILES string of the molecule is Cc1ccc(C(C)C)c(OCC(=O)OCc2cc(=O)oc3c(C)c(O)ccc23)c1. The van der Waals surface area contributed by atoms with E-state index in [4.69, 9.17) is 13.9 Å². The summed E-state index contributed by atoms with van der Waals surface area (Å²) in [6, 6.07) is 10.3. The first-order valence-electron chi connectivity index (χ1n) is 9.40. The van der Waals surface area contributed by atoms with Crippen molar-refractivity contribution in [1.29, 1.82) is 0 Å². The van der Waals surface area contributed by atoms with Crippen molar-refractivity contribution in [2.24, 2.45) is 0 Å². The number of phenols is 1. The average molecular weight is 396 g/mol. The number of ether oxygens (including phenoxy) is 2. The van der Waals surface area contributed by atoms with Crippen LogP contribution in [0.25, 0.3) is 11.0 Å². The number of carbonyl (C=O) groups excluding carboxylic acids is 1. The Kier molecular flexibility index (Phi) is 5.92. The van der Waals surface area contributed by atoms with Gasteiger partial charge >= 0.3 is 11.6 Å². The molecule has 0 aliphatic rings. The summed E-state index contributed by atoms with van der Waals surface area (Å²) in [6.07, 6.45) is 0. The van der Waals surface area contributed by atoms with Gasteiger partial charge in [0.05, 0.1) is 0 Å². The van der Waals surface area contributed by atoms with Gasteiger partial charge in [0, 0.05) is 22.6 Å². The number of carbonyl (C=O) groups is 1. The zero-order chi connectivity index (χ0) is 21.1. The number of aryl methyl sites for hydroxylation is 2. The van der Waals surface area contributed by atoms with E-state index in [9.17, 15) is 14.7 Å². The van der Waals surface area contributed by atoms with Crippen LogP contribution in [0.1, 0.15) is 42.0 Å². The molecule has 0 aliphatic carbocycles. The van der Waals surface area contributed by atoms with Crippen molar-refractivity contribution in [3.63, 3.8) is 0 Å². The Morgan fingerprint density at radius 1 is 1.14 bits per heavy atom. The van der Waals surface area contributed by atoms with Gasteiger partial charge in [-0.2, -0.15) is 0 Å². The van der Waals surface area contributed by atoms with Gasteiger partial charge in [0.25, 0.3) is 0 Å². The highest BCUT2D eigenvalue weighted by Gasteiger charge is 2.14. The molecule has 3 rings (SSSR count). The lowest BCUT2D eigenvalue weighted by molar-refractivity contribution is -0.147. The summed E-state index contributed by atoms with van der Waals surface area (Å²) < 4.78 is 16.2. The molecule has 1 heterocycles. The van der Waals surface area contributed by atoms with Crippen LogP contribution in [-0.2, 0) is 16.1 Å². The summed E-state index contributed by atoms with van der Waals surface area (Å²) in [7, 11) is 0. The van der Waals surface area contributed by atoms with E-state index in [-0.39, 0.29) is 30.5 Å². The molecular weight excluding hydrogens is 372 g/mol. The zero-order valence-electron chi connectivity index (χ0n) is 16.9. The van der Waals surface area contributed by atoms with E-state index in [0.29, 0.717) is 22.3 Å². The fraction of sp³-hybridized carbons (Fsp3) is 0.304. The standard InChI is InChI=1S/C23H24O6/c1-13(2)17-6-5-14(3)9-20(17)27-12-22(26)28-11-16-10-21(25)29-23-15(4)19(24)8-7-18(16)23/h5-10,13,24H,11-12H2,1-4H3. The molecule has 6 heteroatoms. The van der Waals surface area contributed by atoms with Crippen LogP contribution in [0.2, 0.25) is 0 Å². The van der Waals surface area contributed by atoms with Crippen molar-refractivity contribution in [1.82, 2.24) is 0 Å². The molecule has 1 N–H and O–H groups in total. The Morgan fingerprint density at radius 2 is 1.90 bits per heavy atom. The highest BCUT2D eigenvalue weighted by atomic mass is 16.6. The van der Waals surface area contributed by atoms with E-state index >= 15 is 0 Å². The molecule has 2 aromatic carbocycles. The summed E-state index contributed by atoms with van der Waals surface area (Å²) in [6.45, 7) is 7.39. The number of hydrogen-bond donors (Lipinski definition) is 1. The molecule has 0 bridgehead atoms. The molecule has 0 radical (unpaired) electrons. The molecule has 0 saturated carbocycles. The number of esters is 1. The fourth-order valence-electron chi connectivity index (χ4n) is 3.12. The van der Waals surface area contributed by atoms with Crippen LogP contribution in [0.5, 0.6) is 11.5 Å². The largest absolute Gasteiger partial charge is 0.508 e. The third kappa shape index (κ3) is 4.59. The number of benzene rings is 2. The summed E-state index contributed by atoms with van der Waals surface area (Å²) in [5.74, 6) is 0.408. The molecule has 29 heavy (non-hydrogen) atoms. The summed E-state index contributed by atoms with van der Waals surface area (Å²) in [5.41, 5.74) is 2.73. The van der Waals surface area contributed by atoms with E-state index in [1.165, 1.54) is 12.1 Å². The Balaban J connectivity index is 1.72. The molecule has 0 unspecified atom stereocenters. The van der Waals surface area contributed by atoms with Crippen LogP contribution in [0.4, 0.5) is 0 Å². The van der Waals surface area contributed by atoms with E-state index in [2.05, 4.69) is 13.8 Å². The average Bonchev–Trinajstić information content (AvgIpc) is 2.67. The Morgan fingerprint density at radius 3 is 2.62 bits per heavy atom. The van der Waals surface area contributed by atoms with E-state index < -0.39 is 11.6 Å². The van der Waals surface area contributed by atoms with Crippen molar-refractivity contribution in [2.45, 2.75) is 40.2 Å². The van der Waals surface area contributed by atoms with Gasteiger partial charge in [0.2, 0.25) is 0 Å². The molecule has 152 valence electrons. The van der Waals surface area contributed by atoms with Crippen LogP contribution in [0.3, 0.4) is 0 Å². The lowest BCUT2D eigenvalue weighted by Crippen LogP contribution is -2.16. The van der Waals surface area contributed by atoms with Gasteiger partial charge < -0.3 is 19.0 Å². The predicted molar refractivity (Wildman–Crippen MR) is 109 cm³/mol. The maximum Gasteiger partial charge on any atom is 0.344 e. The lowest BCUT2D eigenvalue weighted by Gasteiger charge is -2.14. The Hall–Kier alpha value is -3.28. The first kappa shape index (κ1) is 20.5. The van der Waals surface area contributed by atoms with Gasteiger partial charge in [-0.05, 0) is 49.1 Å². The van der Waals surface area contributed by atoms with Gasteiger partial charge in [-0.1, -0.05) is 26.0 Å². The molecule has 0 aliphatic heterocycles. The maximum atomic E-state index is 12.2. The second-order valence-corrected chi connectivity index (χ2v) is 7.32. The first-order valence-corrected chi connectivity index (χ1v) is 9.40. The van der Waals surface area contributed by atoms with E-state index in [1.54, 1.807) is 13.0 Å². The topological polar surface area (TPSA) is 86.0 Å². The molecule has 0 spiro atoms. The molecule has 3 aromatic rings. The van der Waals surface area contributed by atoms with E-state index in [0.717, 1.165) is 11.1 Å². The molecule has 0 atom stereocenters. The normalized spacial score (nSPS) is 11.1. The van der Waals surface area contributed by atoms with Crippen molar-refractivity contribution in [2.75, 3.05) is 6.61 Å². The number of fused-ring (bicyclic) bond motifs is 1. The number of phenolic OH excluding ortho intramolecular Hbond substituents is 1. The van der Waals surface area contributed by atoms with Crippen molar-refractivity contribution < 1.29 is 23.8 Å². The zero-order valence-corrected chi connectivity index (χ0v) is 16.9. The number of aromatic hydroxyl groups is 1. The van der Waals surface area contributed by atoms with Crippen molar-refractivity contribution in [3.8, 4) is 11.5 Å². The molecule has 0 saturated heterocycles. The minimum Gasteiger partial charge on any atom is -0.508 e. The fourth-order valence-corrected chi connectivity index (χ4v) is 3.12. The predicted octanol–water partition coefficient (Wildman–Crippen LogP) is 4.36. The van der Waals surface area contributed by atoms with Crippen LogP contribution >= 0.6 is 0 Å². The van der Waals surface area contributed by atoms with Gasteiger partial charge in [-0.3, -0.25) is 0 Å². The van der Waals surface area contributed by atoms with Gasteiger partial charge in [0.15, 0.2) is 6.61 Å². The van der Waals surface area contributed by atoms with Crippen LogP contribution < -0.4 is 10.4 Å². The van der Waals surface area contributed by atoms with Crippen molar-refractivity contribution in [3.05, 3.63) is 69.1 Å². The molecular formula is C23H24O6. The Labute approximate surface area is 168 Å². The first-order chi connectivity index (χ1) is 13.8. The van der Waals surface area contributed by atoms with Gasteiger partial charge in [-0.25, -0.2) is 9.59 Å². The van der Waals surface area contributed by atoms with Crippen LogP contribution in [0.15, 0.2) is 45.6 Å². The van der Waals surface area contributed by atoms with Crippen molar-refractivity contribution >= 4 is 16.9 Å². The third-order valence-electron chi connectivity index (χ3n) is 4.74. The lowest BCUT2D eigenvalue weighted by atomic mass is 10.0. The smallest absolute Gasteiger partial charge is 0.344 e. The summed E-state index contributed by atoms with van der Waals surface area (Å²) in [4.78, 5) is 24.1. The summed E-state index contributed by atoms with van der Waals surface area (Å²) in [5, 5.41) is 10.4. The molecule has 0 amide bonds. The quantitative estimate of drug-likeness (QED) is 0.492. The van der Waals surface area contributed by atoms with E-state index in [1.807, 2.05) is 25.1 Å². The van der Waals surface area contributed by atoms with Gasteiger partial charge in [-0.15, -0.1) is 0 Å². The van der Waals surface area contributed by atoms with Crippen LogP contribution in [-0.4, -0.2) is 17.7 Å². The monoisotopic (exact) mass is 396 g/mol. The highest BCUT2D eigenvalue weighted by Crippen LogP contribution is 2.29. The minimum absolute atomic E-state index is 0.0299. The van der Waals surface area contributed by atoms with Gasteiger partial charge in [0.1, 0.15) is 23.7 Å². The third-order valence-corrected chi connectivity index (χ3v) is 4.74. The minimum atomic E-state index is -0.574. The number of hydrogen-bond acceptors (Lipinski definition) is 6. The maximum absolute atomic E-state index is 12.2. The Bertz CT molecular complexity index is 1110. The summed E-state index contributed by atoms with van der Waals surface area (Å²) >= 11 is 0. The number of rotatable bonds is 6. The molecule has 0 fully saturated rings. The highest BCUT2D eigenvalue weighted by molar-refractivity contribution is 5.85. The van der Waals surface area contributed by atoms with Crippen LogP contribution in [0, 0.1) is 13.8 Å². The second-order valence-electron chi connectivity index (χ2n) is 7.32. The molecule has 6 nitrogen and oxygen atoms in total. The second kappa shape index (κ2) is 8.39.